The lowest BCUT2D eigenvalue weighted by Crippen LogP contribution is -2.47. The third-order valence-corrected chi connectivity index (χ3v) is 3.42. The van der Waals surface area contributed by atoms with Crippen LogP contribution in [0.5, 0.6) is 5.75 Å². The van der Waals surface area contributed by atoms with Gasteiger partial charge >= 0.3 is 6.09 Å². The molecule has 2 aromatic rings. The van der Waals surface area contributed by atoms with Crippen LogP contribution in [0.2, 0.25) is 0 Å². The summed E-state index contributed by atoms with van der Waals surface area (Å²) in [6.07, 6.45) is -0.400. The molecule has 0 saturated heterocycles. The smallest absolute Gasteiger partial charge is 0.408 e. The average Bonchev–Trinajstić information content (AvgIpc) is 2.55. The fourth-order valence-electron chi connectivity index (χ4n) is 2.28. The van der Waals surface area contributed by atoms with Gasteiger partial charge in [0.1, 0.15) is 17.4 Å². The van der Waals surface area contributed by atoms with Crippen LogP contribution in [-0.4, -0.2) is 28.7 Å². The molecule has 0 saturated carbocycles. The molecule has 1 atom stereocenters. The highest BCUT2D eigenvalue weighted by molar-refractivity contribution is 5.96. The van der Waals surface area contributed by atoms with E-state index in [0.29, 0.717) is 5.69 Å². The number of phenolic OH excluding ortho intramolecular Hbond substituents is 1. The average molecular weight is 356 g/mol. The minimum atomic E-state index is -0.824. The number of hydrogen-bond acceptors (Lipinski definition) is 4. The minimum absolute atomic E-state index is 0.138. The lowest BCUT2D eigenvalue weighted by Gasteiger charge is -2.23. The second-order valence-electron chi connectivity index (χ2n) is 6.92. The highest BCUT2D eigenvalue weighted by atomic mass is 16.6. The van der Waals surface area contributed by atoms with Gasteiger partial charge in [-0.25, -0.2) is 4.79 Å². The molecule has 2 amide bonds. The number of phenols is 1. The lowest BCUT2D eigenvalue weighted by atomic mass is 10.0. The third kappa shape index (κ3) is 6.47. The molecule has 0 aromatic heterocycles. The van der Waals surface area contributed by atoms with Gasteiger partial charge in [-0.3, -0.25) is 4.79 Å². The van der Waals surface area contributed by atoms with Gasteiger partial charge in [-0.15, -0.1) is 0 Å². The van der Waals surface area contributed by atoms with E-state index < -0.39 is 17.7 Å². The molecule has 0 aliphatic heterocycles. The first-order valence-electron chi connectivity index (χ1n) is 8.36. The highest BCUT2D eigenvalue weighted by Gasteiger charge is 2.24. The van der Waals surface area contributed by atoms with Crippen molar-refractivity contribution >= 4 is 17.7 Å². The molecule has 3 N–H and O–H groups in total. The maximum atomic E-state index is 12.7. The number of amides is 2. The van der Waals surface area contributed by atoms with Crippen LogP contribution in [-0.2, 0) is 16.0 Å². The number of anilines is 1. The van der Waals surface area contributed by atoms with Gasteiger partial charge in [0.15, 0.2) is 0 Å². The van der Waals surface area contributed by atoms with Crippen LogP contribution in [0.1, 0.15) is 26.3 Å². The zero-order valence-corrected chi connectivity index (χ0v) is 15.2. The van der Waals surface area contributed by atoms with Gasteiger partial charge in [0.25, 0.3) is 0 Å². The monoisotopic (exact) mass is 356 g/mol. The van der Waals surface area contributed by atoms with Gasteiger partial charge in [-0.1, -0.05) is 30.3 Å². The van der Waals surface area contributed by atoms with E-state index >= 15 is 0 Å². The summed E-state index contributed by atoms with van der Waals surface area (Å²) >= 11 is 0. The quantitative estimate of drug-likeness (QED) is 0.765. The van der Waals surface area contributed by atoms with Gasteiger partial charge in [0.05, 0.1) is 0 Å². The Morgan fingerprint density at radius 1 is 1.04 bits per heavy atom. The van der Waals surface area contributed by atoms with Crippen LogP contribution >= 0.6 is 0 Å². The number of aromatic hydroxyl groups is 1. The Balaban J connectivity index is 2.12. The number of hydrogen-bond donors (Lipinski definition) is 3. The van der Waals surface area contributed by atoms with Crippen LogP contribution in [0.15, 0.2) is 54.6 Å². The zero-order valence-electron chi connectivity index (χ0n) is 15.2. The van der Waals surface area contributed by atoms with Crippen molar-refractivity contribution in [1.82, 2.24) is 5.32 Å². The Labute approximate surface area is 153 Å². The molecular formula is C20H24N2O4. The first-order chi connectivity index (χ1) is 12.2. The summed E-state index contributed by atoms with van der Waals surface area (Å²) in [5, 5.41) is 14.8. The summed E-state index contributed by atoms with van der Waals surface area (Å²) < 4.78 is 5.26. The Morgan fingerprint density at radius 2 is 1.65 bits per heavy atom. The summed E-state index contributed by atoms with van der Waals surface area (Å²) in [4.78, 5) is 24.8. The molecule has 0 bridgehead atoms. The number of para-hydroxylation sites is 1. The van der Waals surface area contributed by atoms with Crippen molar-refractivity contribution in [2.24, 2.45) is 0 Å². The van der Waals surface area contributed by atoms with Crippen molar-refractivity contribution in [2.45, 2.75) is 38.8 Å². The fraction of sp³-hybridized carbons (Fsp3) is 0.300. The lowest BCUT2D eigenvalue weighted by molar-refractivity contribution is -0.118. The van der Waals surface area contributed by atoms with Crippen molar-refractivity contribution in [3.63, 3.8) is 0 Å². The third-order valence-electron chi connectivity index (χ3n) is 3.42. The van der Waals surface area contributed by atoms with Crippen LogP contribution in [0.25, 0.3) is 0 Å². The Bertz CT molecular complexity index is 737. The molecule has 6 nitrogen and oxygen atoms in total. The first kappa shape index (κ1) is 19.3. The summed E-state index contributed by atoms with van der Waals surface area (Å²) in [6, 6.07) is 14.7. The van der Waals surface area contributed by atoms with E-state index in [1.807, 2.05) is 18.2 Å². The van der Waals surface area contributed by atoms with Crippen molar-refractivity contribution < 1.29 is 19.4 Å². The second-order valence-corrected chi connectivity index (χ2v) is 6.92. The van der Waals surface area contributed by atoms with Crippen LogP contribution in [0.3, 0.4) is 0 Å². The van der Waals surface area contributed by atoms with E-state index in [-0.39, 0.29) is 18.1 Å². The molecule has 0 radical (unpaired) electrons. The molecular weight excluding hydrogens is 332 g/mol. The molecule has 0 aliphatic carbocycles. The minimum Gasteiger partial charge on any atom is -0.508 e. The van der Waals surface area contributed by atoms with Crippen LogP contribution in [0.4, 0.5) is 10.5 Å². The standard InChI is InChI=1S/C20H24N2O4/c1-20(2,3)26-19(25)22-17(13-14-9-11-16(23)12-10-14)18(24)21-15-7-5-4-6-8-15/h4-12,17,23H,13H2,1-3H3,(H,21,24)(H,22,25)/t17-/m0/s1. The maximum absolute atomic E-state index is 12.7. The predicted octanol–water partition coefficient (Wildman–Crippen LogP) is 3.47. The summed E-state index contributed by atoms with van der Waals surface area (Å²) in [5.74, 6) is -0.214. The van der Waals surface area contributed by atoms with E-state index in [4.69, 9.17) is 4.74 Å². The van der Waals surface area contributed by atoms with Crippen LogP contribution < -0.4 is 10.6 Å². The van der Waals surface area contributed by atoms with Crippen molar-refractivity contribution in [3.05, 3.63) is 60.2 Å². The summed E-state index contributed by atoms with van der Waals surface area (Å²) in [5.41, 5.74) is 0.773. The van der Waals surface area contributed by atoms with Gasteiger partial charge in [-0.2, -0.15) is 0 Å². The van der Waals surface area contributed by atoms with Crippen molar-refractivity contribution in [2.75, 3.05) is 5.32 Å². The SMILES string of the molecule is CC(C)(C)OC(=O)N[C@@H](Cc1ccc(O)cc1)C(=O)Nc1ccccc1. The van der Waals surface area contributed by atoms with E-state index in [1.165, 1.54) is 12.1 Å². The molecule has 138 valence electrons. The molecule has 0 fully saturated rings. The Kier molecular flexibility index (Phi) is 6.22. The number of benzene rings is 2. The fourth-order valence-corrected chi connectivity index (χ4v) is 2.28. The van der Waals surface area contributed by atoms with E-state index in [0.717, 1.165) is 5.56 Å². The summed E-state index contributed by atoms with van der Waals surface area (Å²) in [7, 11) is 0. The molecule has 0 unspecified atom stereocenters. The number of alkyl carbamates (subject to hydrolysis) is 1. The Hall–Kier alpha value is -3.02. The van der Waals surface area contributed by atoms with Gasteiger partial charge in [0, 0.05) is 12.1 Å². The maximum Gasteiger partial charge on any atom is 0.408 e. The van der Waals surface area contributed by atoms with Crippen molar-refractivity contribution in [1.29, 1.82) is 0 Å². The topological polar surface area (TPSA) is 87.7 Å². The molecule has 0 aliphatic rings. The molecule has 6 heteroatoms. The predicted molar refractivity (Wildman–Crippen MR) is 100 cm³/mol. The van der Waals surface area contributed by atoms with Crippen molar-refractivity contribution in [3.8, 4) is 5.75 Å². The van der Waals surface area contributed by atoms with Crippen LogP contribution in [0, 0.1) is 0 Å². The number of ether oxygens (including phenoxy) is 1. The molecule has 0 heterocycles. The van der Waals surface area contributed by atoms with E-state index in [2.05, 4.69) is 10.6 Å². The molecule has 26 heavy (non-hydrogen) atoms. The molecule has 0 spiro atoms. The first-order valence-corrected chi connectivity index (χ1v) is 8.36. The number of carbonyl (C=O) groups excluding carboxylic acids is 2. The van der Waals surface area contributed by atoms with E-state index in [1.54, 1.807) is 45.0 Å². The molecule has 2 aromatic carbocycles. The zero-order chi connectivity index (χ0) is 19.2. The Morgan fingerprint density at radius 3 is 2.23 bits per heavy atom. The second kappa shape index (κ2) is 8.38. The summed E-state index contributed by atoms with van der Waals surface area (Å²) in [6.45, 7) is 5.27. The largest absolute Gasteiger partial charge is 0.508 e. The van der Waals surface area contributed by atoms with E-state index in [9.17, 15) is 14.7 Å². The number of carbonyl (C=O) groups is 2. The molecule has 2 rings (SSSR count). The number of rotatable bonds is 5. The van der Waals surface area contributed by atoms with Gasteiger partial charge < -0.3 is 20.5 Å². The van der Waals surface area contributed by atoms with Gasteiger partial charge in [0.2, 0.25) is 5.91 Å². The highest BCUT2D eigenvalue weighted by Crippen LogP contribution is 2.14. The normalized spacial score (nSPS) is 12.1. The van der Waals surface area contributed by atoms with Gasteiger partial charge in [-0.05, 0) is 50.6 Å². The number of nitrogens with one attached hydrogen (secondary N) is 2.